The third kappa shape index (κ3) is 2.99. The molecular weight excluding hydrogens is 422 g/mol. The van der Waals surface area contributed by atoms with Crippen LogP contribution in [0, 0.1) is 6.92 Å². The van der Waals surface area contributed by atoms with Crippen LogP contribution in [0.3, 0.4) is 0 Å². The number of carbonyl (C=O) groups is 3. The van der Waals surface area contributed by atoms with Crippen molar-refractivity contribution in [2.75, 3.05) is 18.0 Å². The van der Waals surface area contributed by atoms with Crippen LogP contribution in [-0.4, -0.2) is 35.8 Å². The Hall–Kier alpha value is -2.67. The summed E-state index contributed by atoms with van der Waals surface area (Å²) >= 11 is 3.44. The maximum absolute atomic E-state index is 13.0. The molecule has 0 saturated carbocycles. The second-order valence-corrected chi connectivity index (χ2v) is 8.30. The number of halogens is 1. The average Bonchev–Trinajstić information content (AvgIpc) is 3.16. The Morgan fingerprint density at radius 3 is 2.61 bits per heavy atom. The highest BCUT2D eigenvalue weighted by molar-refractivity contribution is 9.10. The molecule has 4 rings (SSSR count). The zero-order valence-electron chi connectivity index (χ0n) is 15.7. The molecular formula is C21H20BrN3O3. The van der Waals surface area contributed by atoms with Gasteiger partial charge in [-0.25, -0.2) is 4.79 Å². The van der Waals surface area contributed by atoms with Gasteiger partial charge in [0.1, 0.15) is 12.1 Å². The van der Waals surface area contributed by atoms with E-state index in [1.54, 1.807) is 11.8 Å². The Labute approximate surface area is 171 Å². The zero-order valence-corrected chi connectivity index (χ0v) is 17.2. The van der Waals surface area contributed by atoms with Gasteiger partial charge in [0.05, 0.1) is 0 Å². The van der Waals surface area contributed by atoms with Crippen molar-refractivity contribution in [2.45, 2.75) is 25.8 Å². The molecule has 6 nitrogen and oxygen atoms in total. The van der Waals surface area contributed by atoms with E-state index >= 15 is 0 Å². The van der Waals surface area contributed by atoms with Gasteiger partial charge in [0.2, 0.25) is 5.91 Å². The summed E-state index contributed by atoms with van der Waals surface area (Å²) in [5.41, 5.74) is 2.50. The first kappa shape index (κ1) is 18.7. The number of nitrogens with zero attached hydrogens (tertiary/aromatic N) is 2. The fourth-order valence-electron chi connectivity index (χ4n) is 3.77. The van der Waals surface area contributed by atoms with Gasteiger partial charge in [-0.1, -0.05) is 45.8 Å². The lowest BCUT2D eigenvalue weighted by Crippen LogP contribution is -2.44. The molecule has 4 amide bonds. The molecule has 7 heteroatoms. The van der Waals surface area contributed by atoms with Crippen LogP contribution in [-0.2, 0) is 21.5 Å². The van der Waals surface area contributed by atoms with Crippen LogP contribution in [0.1, 0.15) is 23.6 Å². The van der Waals surface area contributed by atoms with Crippen molar-refractivity contribution < 1.29 is 14.4 Å². The van der Waals surface area contributed by atoms with Crippen LogP contribution in [0.5, 0.6) is 0 Å². The summed E-state index contributed by atoms with van der Waals surface area (Å²) in [6, 6.07) is 12.7. The first-order valence-electron chi connectivity index (χ1n) is 9.09. The molecule has 2 aromatic rings. The van der Waals surface area contributed by atoms with Gasteiger partial charge in [0, 0.05) is 16.7 Å². The van der Waals surface area contributed by atoms with Crippen molar-refractivity contribution in [2.24, 2.45) is 0 Å². The lowest BCUT2D eigenvalue weighted by atomic mass is 9.91. The second kappa shape index (κ2) is 6.74. The minimum atomic E-state index is -1.17. The summed E-state index contributed by atoms with van der Waals surface area (Å²) in [6.07, 6.45) is 0.752. The number of anilines is 1. The van der Waals surface area contributed by atoms with E-state index < -0.39 is 17.5 Å². The van der Waals surface area contributed by atoms with Gasteiger partial charge in [-0.05, 0) is 49.6 Å². The van der Waals surface area contributed by atoms with Crippen LogP contribution in [0.25, 0.3) is 0 Å². The quantitative estimate of drug-likeness (QED) is 0.743. The predicted molar refractivity (Wildman–Crippen MR) is 109 cm³/mol. The Bertz CT molecular complexity index is 989. The molecule has 0 aromatic heterocycles. The number of aryl methyl sites for hydroxylation is 1. The summed E-state index contributed by atoms with van der Waals surface area (Å²) < 4.78 is 0.962. The van der Waals surface area contributed by atoms with Gasteiger partial charge in [0.25, 0.3) is 5.91 Å². The van der Waals surface area contributed by atoms with E-state index in [1.807, 2.05) is 49.4 Å². The van der Waals surface area contributed by atoms with E-state index in [-0.39, 0.29) is 12.5 Å². The fourth-order valence-corrected chi connectivity index (χ4v) is 4.18. The number of benzene rings is 2. The topological polar surface area (TPSA) is 69.7 Å². The number of imide groups is 1. The molecule has 2 aromatic carbocycles. The predicted octanol–water partition coefficient (Wildman–Crippen LogP) is 3.11. The van der Waals surface area contributed by atoms with Crippen molar-refractivity contribution in [3.05, 3.63) is 63.6 Å². The molecule has 1 atom stereocenters. The van der Waals surface area contributed by atoms with E-state index in [0.717, 1.165) is 32.6 Å². The van der Waals surface area contributed by atoms with Crippen molar-refractivity contribution in [1.82, 2.24) is 10.2 Å². The van der Waals surface area contributed by atoms with E-state index in [2.05, 4.69) is 21.2 Å². The minimum absolute atomic E-state index is 0.266. The van der Waals surface area contributed by atoms with Gasteiger partial charge in [-0.15, -0.1) is 0 Å². The number of rotatable bonds is 3. The molecule has 0 radical (unpaired) electrons. The molecule has 2 heterocycles. The molecule has 1 fully saturated rings. The maximum atomic E-state index is 13.0. The number of carbonyl (C=O) groups excluding carboxylic acids is 3. The molecule has 1 unspecified atom stereocenters. The fraction of sp³-hybridized carbons (Fsp3) is 0.286. The number of hydrogen-bond acceptors (Lipinski definition) is 3. The smallest absolute Gasteiger partial charge is 0.319 e. The lowest BCUT2D eigenvalue weighted by Gasteiger charge is -2.23. The molecule has 2 aliphatic rings. The number of urea groups is 1. The summed E-state index contributed by atoms with van der Waals surface area (Å²) in [4.78, 5) is 41.1. The van der Waals surface area contributed by atoms with E-state index in [0.29, 0.717) is 12.1 Å². The van der Waals surface area contributed by atoms with E-state index in [1.165, 1.54) is 0 Å². The Morgan fingerprint density at radius 2 is 1.89 bits per heavy atom. The van der Waals surface area contributed by atoms with Gasteiger partial charge in [-0.3, -0.25) is 14.5 Å². The third-order valence-electron chi connectivity index (χ3n) is 5.44. The van der Waals surface area contributed by atoms with Crippen LogP contribution in [0.2, 0.25) is 0 Å². The first-order chi connectivity index (χ1) is 13.3. The number of fused-ring (bicyclic) bond motifs is 1. The lowest BCUT2D eigenvalue weighted by molar-refractivity contribution is -0.134. The Kier molecular flexibility index (Phi) is 4.50. The van der Waals surface area contributed by atoms with Crippen molar-refractivity contribution in [1.29, 1.82) is 0 Å². The first-order valence-corrected chi connectivity index (χ1v) is 9.89. The van der Waals surface area contributed by atoms with Gasteiger partial charge >= 0.3 is 6.03 Å². The van der Waals surface area contributed by atoms with Crippen LogP contribution >= 0.6 is 15.9 Å². The molecule has 1 saturated heterocycles. The summed E-state index contributed by atoms with van der Waals surface area (Å²) in [6.45, 7) is 3.90. The van der Waals surface area contributed by atoms with Crippen molar-refractivity contribution in [3.8, 4) is 0 Å². The molecule has 1 N–H and O–H groups in total. The average molecular weight is 442 g/mol. The molecule has 28 heavy (non-hydrogen) atoms. The van der Waals surface area contributed by atoms with Crippen LogP contribution in [0.4, 0.5) is 10.5 Å². The number of amides is 4. The Morgan fingerprint density at radius 1 is 1.18 bits per heavy atom. The highest BCUT2D eigenvalue weighted by Gasteiger charge is 2.49. The molecule has 2 aliphatic heterocycles. The number of hydrogen-bond donors (Lipinski definition) is 1. The molecule has 144 valence electrons. The van der Waals surface area contributed by atoms with Gasteiger partial charge in [0.15, 0.2) is 0 Å². The van der Waals surface area contributed by atoms with Gasteiger partial charge in [-0.2, -0.15) is 0 Å². The summed E-state index contributed by atoms with van der Waals surface area (Å²) in [5.74, 6) is -0.678. The van der Waals surface area contributed by atoms with E-state index in [9.17, 15) is 14.4 Å². The highest BCUT2D eigenvalue weighted by Crippen LogP contribution is 2.32. The number of nitrogens with one attached hydrogen (secondary N) is 1. The maximum Gasteiger partial charge on any atom is 0.325 e. The van der Waals surface area contributed by atoms with Crippen molar-refractivity contribution >= 4 is 39.5 Å². The summed E-state index contributed by atoms with van der Waals surface area (Å²) in [7, 11) is 0. The normalized spacial score (nSPS) is 21.1. The minimum Gasteiger partial charge on any atom is -0.319 e. The standard InChI is InChI=1S/C21H20BrN3O3/c1-13-3-5-15(6-4-13)21(2)19(27)25(20(28)23-21)12-18(26)24-10-9-14-11-16(22)7-8-17(14)24/h3-8,11H,9-10,12H2,1-2H3,(H,23,28). The third-order valence-corrected chi connectivity index (χ3v) is 5.93. The highest BCUT2D eigenvalue weighted by atomic mass is 79.9. The zero-order chi connectivity index (χ0) is 20.1. The van der Waals surface area contributed by atoms with Crippen LogP contribution in [0.15, 0.2) is 46.9 Å². The molecule has 0 aliphatic carbocycles. The molecule has 0 spiro atoms. The van der Waals surface area contributed by atoms with Gasteiger partial charge < -0.3 is 10.2 Å². The van der Waals surface area contributed by atoms with Crippen molar-refractivity contribution in [3.63, 3.8) is 0 Å². The molecule has 0 bridgehead atoms. The Balaban J connectivity index is 1.54. The largest absolute Gasteiger partial charge is 0.325 e. The summed E-state index contributed by atoms with van der Waals surface area (Å²) in [5, 5.41) is 2.75. The second-order valence-electron chi connectivity index (χ2n) is 7.38. The SMILES string of the molecule is Cc1ccc(C2(C)NC(=O)N(CC(=O)N3CCc4cc(Br)ccc43)C2=O)cc1. The van der Waals surface area contributed by atoms with E-state index in [4.69, 9.17) is 0 Å². The monoisotopic (exact) mass is 441 g/mol. The van der Waals surface area contributed by atoms with Crippen LogP contribution < -0.4 is 10.2 Å².